The van der Waals surface area contributed by atoms with Crippen molar-refractivity contribution in [1.82, 2.24) is 19.9 Å². The van der Waals surface area contributed by atoms with E-state index in [0.29, 0.717) is 0 Å². The Kier molecular flexibility index (Phi) is 4.46. The molecule has 1 atom stereocenters. The lowest BCUT2D eigenvalue weighted by Gasteiger charge is -2.34. The number of rotatable bonds is 7. The molecule has 1 unspecified atom stereocenters. The largest absolute Gasteiger partial charge is 0.379 e. The van der Waals surface area contributed by atoms with E-state index < -0.39 is 0 Å². The molecule has 0 N–H and O–H groups in total. The maximum Gasteiger partial charge on any atom is 0.105 e. The molecule has 0 bridgehead atoms. The standard InChI is InChI=1S/C17H24N4OS/c1-2-21-15-5-7-20(9-14-6-8-23-12-14)16(17(15)18-19-21)11-22-10-13-3-4-13/h6,8,12-13,16H,2-5,7,9-11H2,1H3. The van der Waals surface area contributed by atoms with Crippen LogP contribution in [0.15, 0.2) is 16.8 Å². The fourth-order valence-corrected chi connectivity index (χ4v) is 3.98. The van der Waals surface area contributed by atoms with Crippen LogP contribution in [0.4, 0.5) is 0 Å². The highest BCUT2D eigenvalue weighted by Gasteiger charge is 2.32. The SMILES string of the molecule is CCn1nnc2c1CCN(Cc1ccsc1)C2COCC1CC1. The molecule has 0 spiro atoms. The Morgan fingerprint density at radius 3 is 3.00 bits per heavy atom. The minimum Gasteiger partial charge on any atom is -0.379 e. The third-order valence-electron chi connectivity index (χ3n) is 4.85. The molecule has 0 aromatic carbocycles. The van der Waals surface area contributed by atoms with Crippen LogP contribution in [0.2, 0.25) is 0 Å². The van der Waals surface area contributed by atoms with Gasteiger partial charge in [-0.3, -0.25) is 4.90 Å². The van der Waals surface area contributed by atoms with Crippen molar-refractivity contribution in [1.29, 1.82) is 0 Å². The summed E-state index contributed by atoms with van der Waals surface area (Å²) in [4.78, 5) is 2.51. The number of aromatic nitrogens is 3. The molecule has 6 heteroatoms. The zero-order valence-electron chi connectivity index (χ0n) is 13.6. The molecule has 0 amide bonds. The van der Waals surface area contributed by atoms with Gasteiger partial charge in [-0.1, -0.05) is 5.21 Å². The van der Waals surface area contributed by atoms with Gasteiger partial charge in [0.05, 0.1) is 18.3 Å². The molecule has 124 valence electrons. The lowest BCUT2D eigenvalue weighted by molar-refractivity contribution is 0.0425. The van der Waals surface area contributed by atoms with Crippen molar-refractivity contribution in [3.05, 3.63) is 33.8 Å². The predicted molar refractivity (Wildman–Crippen MR) is 90.4 cm³/mol. The first-order valence-corrected chi connectivity index (χ1v) is 9.54. The van der Waals surface area contributed by atoms with Crippen molar-refractivity contribution in [2.75, 3.05) is 19.8 Å². The number of aryl methyl sites for hydroxylation is 1. The second-order valence-corrected chi connectivity index (χ2v) is 7.37. The molecule has 3 heterocycles. The number of ether oxygens (including phenoxy) is 1. The Balaban J connectivity index is 1.52. The Bertz CT molecular complexity index is 635. The first-order valence-electron chi connectivity index (χ1n) is 8.60. The highest BCUT2D eigenvalue weighted by molar-refractivity contribution is 7.07. The average molecular weight is 332 g/mol. The second kappa shape index (κ2) is 6.71. The number of hydrogen-bond acceptors (Lipinski definition) is 5. The first kappa shape index (κ1) is 15.3. The number of thiophene rings is 1. The topological polar surface area (TPSA) is 43.2 Å². The lowest BCUT2D eigenvalue weighted by Crippen LogP contribution is -2.38. The molecular weight excluding hydrogens is 308 g/mol. The summed E-state index contributed by atoms with van der Waals surface area (Å²) >= 11 is 1.76. The summed E-state index contributed by atoms with van der Waals surface area (Å²) in [6.45, 7) is 6.68. The fraction of sp³-hybridized carbons (Fsp3) is 0.647. The number of hydrogen-bond donors (Lipinski definition) is 0. The monoisotopic (exact) mass is 332 g/mol. The second-order valence-electron chi connectivity index (χ2n) is 6.59. The summed E-state index contributed by atoms with van der Waals surface area (Å²) in [5.74, 6) is 0.801. The Morgan fingerprint density at radius 1 is 1.35 bits per heavy atom. The number of nitrogens with zero attached hydrogens (tertiary/aromatic N) is 4. The van der Waals surface area contributed by atoms with E-state index in [-0.39, 0.29) is 6.04 Å². The maximum absolute atomic E-state index is 6.03. The van der Waals surface area contributed by atoms with Crippen LogP contribution in [0.3, 0.4) is 0 Å². The highest BCUT2D eigenvalue weighted by Crippen LogP contribution is 2.32. The Morgan fingerprint density at radius 2 is 2.26 bits per heavy atom. The van der Waals surface area contributed by atoms with Gasteiger partial charge in [-0.05, 0) is 48.1 Å². The highest BCUT2D eigenvalue weighted by atomic mass is 32.1. The summed E-state index contributed by atoms with van der Waals surface area (Å²) in [5, 5.41) is 13.2. The first-order chi connectivity index (χ1) is 11.3. The van der Waals surface area contributed by atoms with Gasteiger partial charge in [-0.15, -0.1) is 5.10 Å². The van der Waals surface area contributed by atoms with Gasteiger partial charge in [0, 0.05) is 32.7 Å². The van der Waals surface area contributed by atoms with Crippen LogP contribution >= 0.6 is 11.3 Å². The van der Waals surface area contributed by atoms with E-state index in [1.54, 1.807) is 11.3 Å². The third-order valence-corrected chi connectivity index (χ3v) is 5.58. The lowest BCUT2D eigenvalue weighted by atomic mass is 10.0. The van der Waals surface area contributed by atoms with Crippen LogP contribution in [0.25, 0.3) is 0 Å². The molecule has 4 rings (SSSR count). The molecule has 0 saturated heterocycles. The molecule has 1 aliphatic heterocycles. The molecule has 5 nitrogen and oxygen atoms in total. The van der Waals surface area contributed by atoms with E-state index in [9.17, 15) is 0 Å². The van der Waals surface area contributed by atoms with Crippen LogP contribution in [-0.2, 0) is 24.2 Å². The zero-order valence-corrected chi connectivity index (χ0v) is 14.5. The molecule has 1 aliphatic carbocycles. The van der Waals surface area contributed by atoms with E-state index in [4.69, 9.17) is 4.74 Å². The van der Waals surface area contributed by atoms with Crippen molar-refractivity contribution in [2.45, 2.75) is 45.3 Å². The van der Waals surface area contributed by atoms with Crippen molar-refractivity contribution in [3.8, 4) is 0 Å². The molecule has 2 aromatic heterocycles. The van der Waals surface area contributed by atoms with Gasteiger partial charge in [-0.2, -0.15) is 11.3 Å². The summed E-state index contributed by atoms with van der Waals surface area (Å²) in [6, 6.07) is 2.45. The van der Waals surface area contributed by atoms with Gasteiger partial charge in [0.2, 0.25) is 0 Å². The van der Waals surface area contributed by atoms with Crippen LogP contribution in [0, 0.1) is 5.92 Å². The van der Waals surface area contributed by atoms with Gasteiger partial charge >= 0.3 is 0 Å². The van der Waals surface area contributed by atoms with Gasteiger partial charge in [0.25, 0.3) is 0 Å². The third kappa shape index (κ3) is 3.34. The van der Waals surface area contributed by atoms with Gasteiger partial charge < -0.3 is 4.74 Å². The average Bonchev–Trinajstić information content (AvgIpc) is 3.08. The van der Waals surface area contributed by atoms with Crippen LogP contribution in [0.5, 0.6) is 0 Å². The van der Waals surface area contributed by atoms with E-state index in [1.807, 2.05) is 4.68 Å². The van der Waals surface area contributed by atoms with E-state index in [0.717, 1.165) is 50.9 Å². The predicted octanol–water partition coefficient (Wildman–Crippen LogP) is 2.89. The van der Waals surface area contributed by atoms with Crippen LogP contribution in [-0.4, -0.2) is 39.7 Å². The molecule has 0 radical (unpaired) electrons. The van der Waals surface area contributed by atoms with Crippen molar-refractivity contribution in [2.24, 2.45) is 5.92 Å². The number of fused-ring (bicyclic) bond motifs is 1. The minimum absolute atomic E-state index is 0.234. The summed E-state index contributed by atoms with van der Waals surface area (Å²) in [6.07, 6.45) is 3.69. The normalized spacial score (nSPS) is 21.5. The minimum atomic E-state index is 0.234. The maximum atomic E-state index is 6.03. The van der Waals surface area contributed by atoms with Crippen molar-refractivity contribution in [3.63, 3.8) is 0 Å². The van der Waals surface area contributed by atoms with Gasteiger partial charge in [-0.25, -0.2) is 4.68 Å². The van der Waals surface area contributed by atoms with E-state index in [1.165, 1.54) is 24.1 Å². The van der Waals surface area contributed by atoms with Crippen LogP contribution in [0.1, 0.15) is 42.8 Å². The fourth-order valence-electron chi connectivity index (χ4n) is 3.32. The van der Waals surface area contributed by atoms with E-state index >= 15 is 0 Å². The Labute approximate surface area is 141 Å². The summed E-state index contributed by atoms with van der Waals surface area (Å²) in [5.41, 5.74) is 3.81. The molecular formula is C17H24N4OS. The van der Waals surface area contributed by atoms with Crippen LogP contribution < -0.4 is 0 Å². The van der Waals surface area contributed by atoms with Crippen molar-refractivity contribution >= 4 is 11.3 Å². The Hall–Kier alpha value is -1.24. The quantitative estimate of drug-likeness (QED) is 0.782. The van der Waals surface area contributed by atoms with Gasteiger partial charge in [0.15, 0.2) is 0 Å². The smallest absolute Gasteiger partial charge is 0.105 e. The molecule has 1 saturated carbocycles. The zero-order chi connectivity index (χ0) is 15.6. The summed E-state index contributed by atoms with van der Waals surface area (Å²) < 4.78 is 8.08. The summed E-state index contributed by atoms with van der Waals surface area (Å²) in [7, 11) is 0. The van der Waals surface area contributed by atoms with E-state index in [2.05, 4.69) is 39.0 Å². The van der Waals surface area contributed by atoms with Gasteiger partial charge in [0.1, 0.15) is 5.69 Å². The molecule has 23 heavy (non-hydrogen) atoms. The molecule has 2 aliphatic rings. The van der Waals surface area contributed by atoms with Crippen molar-refractivity contribution < 1.29 is 4.74 Å². The molecule has 2 aromatic rings. The molecule has 1 fully saturated rings.